The predicted octanol–water partition coefficient (Wildman–Crippen LogP) is 2.97. The highest BCUT2D eigenvalue weighted by molar-refractivity contribution is 7.58. The molecule has 0 aliphatic carbocycles. The number of carbonyl (C=O) groups excluding carboxylic acids is 4. The summed E-state index contributed by atoms with van der Waals surface area (Å²) in [5.74, 6) is -5.34. The van der Waals surface area contributed by atoms with Crippen LogP contribution in [0.25, 0.3) is 11.1 Å². The summed E-state index contributed by atoms with van der Waals surface area (Å²) in [5.41, 5.74) is 6.69. The monoisotopic (exact) mass is 1020 g/mol. The summed E-state index contributed by atoms with van der Waals surface area (Å²) < 4.78 is 43.2. The van der Waals surface area contributed by atoms with E-state index in [1.165, 1.54) is 6.66 Å². The quantitative estimate of drug-likeness (QED) is 0.0599. The first-order valence-corrected chi connectivity index (χ1v) is 26.7. The summed E-state index contributed by atoms with van der Waals surface area (Å²) >= 11 is 0. The van der Waals surface area contributed by atoms with Gasteiger partial charge in [-0.3, -0.25) is 57.6 Å². The molecule has 1 aliphatic rings. The third-order valence-corrected chi connectivity index (χ3v) is 14.3. The third-order valence-electron chi connectivity index (χ3n) is 11.7. The Labute approximate surface area is 409 Å². The van der Waals surface area contributed by atoms with Crippen molar-refractivity contribution < 1.29 is 76.5 Å². The van der Waals surface area contributed by atoms with Crippen molar-refractivity contribution >= 4 is 57.5 Å². The highest BCUT2D eigenvalue weighted by atomic mass is 31.2. The molecule has 2 aromatic rings. The smallest absolute Gasteiger partial charge is 0.480 e. The lowest BCUT2D eigenvalue weighted by atomic mass is 9.90. The number of rotatable bonds is 26. The van der Waals surface area contributed by atoms with Gasteiger partial charge in [0.05, 0.1) is 45.7 Å². The minimum atomic E-state index is -4.73. The van der Waals surface area contributed by atoms with Gasteiger partial charge in [-0.15, -0.1) is 0 Å². The summed E-state index contributed by atoms with van der Waals surface area (Å²) in [5, 5.41) is 29.5. The number of aliphatic carboxylic acids is 3. The van der Waals surface area contributed by atoms with E-state index in [9.17, 15) is 62.9 Å². The largest absolute Gasteiger partial charge is 0.527 e. The number of phosphoric ester groups is 1. The number of aryl methyl sites for hydroxylation is 5. The van der Waals surface area contributed by atoms with Gasteiger partial charge in [0.25, 0.3) is 0 Å². The number of carboxylic acids is 3. The molecule has 2 amide bonds. The molecule has 0 radical (unpaired) electrons. The minimum Gasteiger partial charge on any atom is -0.480 e. The van der Waals surface area contributed by atoms with E-state index in [4.69, 9.17) is 13.6 Å². The average Bonchev–Trinajstić information content (AvgIpc) is 3.24. The van der Waals surface area contributed by atoms with Crippen molar-refractivity contribution in [2.45, 2.75) is 60.4 Å². The van der Waals surface area contributed by atoms with Crippen molar-refractivity contribution in [2.75, 3.05) is 118 Å². The Morgan fingerprint density at radius 2 is 1.20 bits per heavy atom. The molecule has 390 valence electrons. The van der Waals surface area contributed by atoms with E-state index in [2.05, 4.69) is 12.1 Å². The summed E-state index contributed by atoms with van der Waals surface area (Å²) in [6.45, 7) is 10.1. The van der Waals surface area contributed by atoms with E-state index in [1.54, 1.807) is 39.5 Å². The molecule has 2 aromatic carbocycles. The molecule has 24 heteroatoms. The molecule has 3 atom stereocenters. The molecule has 70 heavy (non-hydrogen) atoms. The second-order valence-electron chi connectivity index (χ2n) is 17.5. The fourth-order valence-electron chi connectivity index (χ4n) is 8.43. The molecule has 4 N–H and O–H groups in total. The highest BCUT2D eigenvalue weighted by Gasteiger charge is 2.31. The molecule has 1 heterocycles. The molecule has 0 aromatic heterocycles. The Kier molecular flexibility index (Phi) is 24.0. The van der Waals surface area contributed by atoms with Crippen LogP contribution in [0.15, 0.2) is 24.3 Å². The van der Waals surface area contributed by atoms with Crippen LogP contribution in [-0.4, -0.2) is 216 Å². The van der Waals surface area contributed by atoms with Crippen molar-refractivity contribution in [3.8, 4) is 16.9 Å². The molecule has 0 saturated carbocycles. The van der Waals surface area contributed by atoms with Crippen LogP contribution in [0.5, 0.6) is 5.75 Å². The van der Waals surface area contributed by atoms with Gasteiger partial charge < -0.3 is 43.8 Å². The van der Waals surface area contributed by atoms with E-state index in [0.717, 1.165) is 38.3 Å². The van der Waals surface area contributed by atoms with Crippen LogP contribution in [0.2, 0.25) is 0 Å². The van der Waals surface area contributed by atoms with Crippen LogP contribution < -0.4 is 4.52 Å². The normalized spacial score (nSPS) is 16.9. The second kappa shape index (κ2) is 28.2. The SMILES string of the molecule is CCOP(C)(=O)CN1CCN(CC(=O)N(CC=O)CC=O)CCN([C@H](CCCOP(=O)(O)Oc2cc(C)c(-c3c(C)cc(C)cc3C)cc2C)C(=O)O)CCN(CC(=O)N(CC(=O)O)CC(=O)O)CC1. The van der Waals surface area contributed by atoms with Crippen LogP contribution >= 0.6 is 15.2 Å². The maximum atomic E-state index is 13.5. The summed E-state index contributed by atoms with van der Waals surface area (Å²) in [6, 6.07) is 6.47. The number of nitrogens with zero attached hydrogens (tertiary/aromatic N) is 6. The van der Waals surface area contributed by atoms with Gasteiger partial charge in [0.1, 0.15) is 37.5 Å². The first-order valence-electron chi connectivity index (χ1n) is 23.0. The minimum absolute atomic E-state index is 0.00147. The number of aldehydes is 2. The van der Waals surface area contributed by atoms with Crippen molar-refractivity contribution in [3.63, 3.8) is 0 Å². The molecule has 0 spiro atoms. The maximum absolute atomic E-state index is 13.5. The van der Waals surface area contributed by atoms with Crippen molar-refractivity contribution in [2.24, 2.45) is 0 Å². The van der Waals surface area contributed by atoms with Gasteiger partial charge in [0.2, 0.25) is 19.2 Å². The molecule has 22 nitrogen and oxygen atoms in total. The van der Waals surface area contributed by atoms with Crippen LogP contribution in [0.1, 0.15) is 47.6 Å². The van der Waals surface area contributed by atoms with E-state index < -0.39 is 70.6 Å². The van der Waals surface area contributed by atoms with Gasteiger partial charge in [-0.25, -0.2) is 4.57 Å². The van der Waals surface area contributed by atoms with E-state index in [0.29, 0.717) is 23.0 Å². The number of carboxylic acid groups (broad SMARTS) is 3. The van der Waals surface area contributed by atoms with Gasteiger partial charge in [0, 0.05) is 59.0 Å². The lowest BCUT2D eigenvalue weighted by molar-refractivity contribution is -0.149. The standard InChI is InChI=1S/C46H70N6O16P2/c1-8-66-69(7,63)32-49-13-11-47(28-41(55)51(19-21-53)20-22-54)15-17-50(18-16-48(12-14-49)29-42(56)52(30-43(57)58)31-44(59)60)39(46(61)62)10-9-23-67-70(64,65)68-40-27-34(3)38(26-35(40)4)45-36(5)24-33(2)25-37(45)6/h21-22,24-27,39H,8-20,23,28-32H2,1-7H3,(H,57,58)(H,59,60)(H,61,62)(H,64,65)/t39-,69?/m1/s1. The Bertz CT molecular complexity index is 2220. The van der Waals surface area contributed by atoms with E-state index >= 15 is 0 Å². The highest BCUT2D eigenvalue weighted by Crippen LogP contribution is 2.46. The van der Waals surface area contributed by atoms with Crippen molar-refractivity contribution in [1.29, 1.82) is 0 Å². The average molecular weight is 1030 g/mol. The molecule has 1 saturated heterocycles. The first-order chi connectivity index (χ1) is 32.9. The van der Waals surface area contributed by atoms with Gasteiger partial charge >= 0.3 is 25.7 Å². The zero-order valence-electron chi connectivity index (χ0n) is 41.2. The molecular weight excluding hydrogens is 954 g/mol. The summed E-state index contributed by atoms with van der Waals surface area (Å²) in [7, 11) is -7.93. The van der Waals surface area contributed by atoms with Crippen LogP contribution in [0.4, 0.5) is 0 Å². The van der Waals surface area contributed by atoms with Gasteiger partial charge in [0.15, 0.2) is 0 Å². The van der Waals surface area contributed by atoms with Gasteiger partial charge in [-0.05, 0) is 99.9 Å². The van der Waals surface area contributed by atoms with Crippen LogP contribution in [-0.2, 0) is 51.7 Å². The Morgan fingerprint density at radius 1 is 0.700 bits per heavy atom. The number of hydrogen-bond acceptors (Lipinski definition) is 16. The van der Waals surface area contributed by atoms with Gasteiger partial charge in [-0.1, -0.05) is 17.7 Å². The van der Waals surface area contributed by atoms with Crippen molar-refractivity contribution in [1.82, 2.24) is 29.4 Å². The summed E-state index contributed by atoms with van der Waals surface area (Å²) in [4.78, 5) is 105. The lowest BCUT2D eigenvalue weighted by Crippen LogP contribution is -2.53. The molecule has 0 bridgehead atoms. The zero-order chi connectivity index (χ0) is 52.3. The number of carbonyl (C=O) groups is 7. The number of amides is 2. The fourth-order valence-corrected chi connectivity index (χ4v) is 10.9. The topological polar surface area (TPSA) is 282 Å². The molecule has 3 rings (SSSR count). The Hall–Kier alpha value is -4.89. The fraction of sp³-hybridized carbons (Fsp3) is 0.587. The molecule has 1 aliphatic heterocycles. The predicted molar refractivity (Wildman–Crippen MR) is 259 cm³/mol. The molecule has 2 unspecified atom stereocenters. The van der Waals surface area contributed by atoms with Crippen molar-refractivity contribution in [3.05, 3.63) is 52.1 Å². The molecule has 1 fully saturated rings. The van der Waals surface area contributed by atoms with Crippen LogP contribution in [0, 0.1) is 34.6 Å². The number of phosphoric acid groups is 1. The first kappa shape index (κ1) is 59.4. The van der Waals surface area contributed by atoms with Gasteiger partial charge in [-0.2, -0.15) is 0 Å². The number of hydrogen-bond donors (Lipinski definition) is 4. The maximum Gasteiger partial charge on any atom is 0.527 e. The summed E-state index contributed by atoms with van der Waals surface area (Å²) in [6.07, 6.45) is 0.805. The second-order valence-corrected chi connectivity index (χ2v) is 21.5. The van der Waals surface area contributed by atoms with Crippen LogP contribution in [0.3, 0.4) is 0 Å². The third kappa shape index (κ3) is 19.7. The number of benzene rings is 2. The zero-order valence-corrected chi connectivity index (χ0v) is 43.0. The lowest BCUT2D eigenvalue weighted by Gasteiger charge is -2.37. The van der Waals surface area contributed by atoms with E-state index in [-0.39, 0.29) is 110 Å². The Balaban J connectivity index is 1.91. The van der Waals surface area contributed by atoms with E-state index in [1.807, 2.05) is 33.8 Å². The molecular formula is C46H70N6O16P2. The Morgan fingerprint density at radius 3 is 1.69 bits per heavy atom.